The number of pyridine rings is 1. The molecule has 1 aromatic carbocycles. The summed E-state index contributed by atoms with van der Waals surface area (Å²) in [7, 11) is 0. The molecule has 0 fully saturated rings. The van der Waals surface area contributed by atoms with Gasteiger partial charge in [-0.2, -0.15) is 0 Å². The van der Waals surface area contributed by atoms with Crippen LogP contribution in [0.4, 0.5) is 18.9 Å². The molecule has 26 heavy (non-hydrogen) atoms. The lowest BCUT2D eigenvalue weighted by atomic mass is 10.2. The zero-order valence-corrected chi connectivity index (χ0v) is 13.9. The lowest BCUT2D eigenvalue weighted by Crippen LogP contribution is -2.17. The van der Waals surface area contributed by atoms with Crippen LogP contribution in [0.2, 0.25) is 0 Å². The Morgan fingerprint density at radius 1 is 1.23 bits per heavy atom. The van der Waals surface area contributed by atoms with Gasteiger partial charge in [-0.05, 0) is 37.6 Å². The van der Waals surface area contributed by atoms with E-state index in [2.05, 4.69) is 15.0 Å². The van der Waals surface area contributed by atoms with E-state index in [1.807, 2.05) is 35.7 Å². The summed E-state index contributed by atoms with van der Waals surface area (Å²) in [4.78, 5) is 16.6. The molecule has 0 aliphatic carbocycles. The second-order valence-corrected chi connectivity index (χ2v) is 5.70. The monoisotopic (exact) mass is 363 g/mol. The van der Waals surface area contributed by atoms with Crippen LogP contribution < -0.4 is 10.1 Å². The maximum Gasteiger partial charge on any atom is 0.573 e. The number of hydrogen-bond acceptors (Lipinski definition) is 3. The average molecular weight is 363 g/mol. The van der Waals surface area contributed by atoms with Crippen LogP contribution in [0.3, 0.4) is 0 Å². The van der Waals surface area contributed by atoms with Crippen molar-refractivity contribution >= 4 is 17.2 Å². The van der Waals surface area contributed by atoms with Crippen molar-refractivity contribution in [2.45, 2.75) is 26.1 Å². The summed E-state index contributed by atoms with van der Waals surface area (Å²) in [5.41, 5.74) is 2.80. The van der Waals surface area contributed by atoms with Crippen LogP contribution in [0.5, 0.6) is 5.75 Å². The first-order chi connectivity index (χ1) is 12.3. The molecule has 0 atom stereocenters. The van der Waals surface area contributed by atoms with Crippen molar-refractivity contribution in [2.24, 2.45) is 0 Å². The van der Waals surface area contributed by atoms with Crippen LogP contribution >= 0.6 is 0 Å². The van der Waals surface area contributed by atoms with Gasteiger partial charge in [0, 0.05) is 30.1 Å². The highest BCUT2D eigenvalue weighted by Crippen LogP contribution is 2.25. The molecule has 136 valence electrons. The summed E-state index contributed by atoms with van der Waals surface area (Å²) in [6.45, 7) is 1.87. The zero-order valence-electron chi connectivity index (χ0n) is 13.9. The van der Waals surface area contributed by atoms with Crippen molar-refractivity contribution in [2.75, 3.05) is 5.32 Å². The Labute approximate surface area is 147 Å². The largest absolute Gasteiger partial charge is 0.573 e. The Kier molecular flexibility index (Phi) is 4.83. The number of anilines is 1. The molecule has 2 aromatic heterocycles. The number of imidazole rings is 1. The SMILES string of the molecule is Cc1nc2ccccn2c1CCC(=O)Nc1cccc(OC(F)(F)F)c1. The van der Waals surface area contributed by atoms with Crippen molar-refractivity contribution in [1.29, 1.82) is 0 Å². The predicted octanol–water partition coefficient (Wildman–Crippen LogP) is 4.11. The van der Waals surface area contributed by atoms with Gasteiger partial charge < -0.3 is 14.5 Å². The quantitative estimate of drug-likeness (QED) is 0.742. The second-order valence-electron chi connectivity index (χ2n) is 5.70. The molecule has 1 amide bonds. The molecule has 3 aromatic rings. The molecule has 0 aliphatic heterocycles. The Balaban J connectivity index is 1.64. The Bertz CT molecular complexity index is 935. The molecular formula is C18H16F3N3O2. The minimum absolute atomic E-state index is 0.174. The number of ether oxygens (including phenoxy) is 1. The van der Waals surface area contributed by atoms with Crippen LogP contribution in [0, 0.1) is 6.92 Å². The number of nitrogens with one attached hydrogen (secondary N) is 1. The van der Waals surface area contributed by atoms with Gasteiger partial charge in [0.05, 0.1) is 5.69 Å². The lowest BCUT2D eigenvalue weighted by molar-refractivity contribution is -0.274. The molecule has 0 aliphatic rings. The Morgan fingerprint density at radius 3 is 2.81 bits per heavy atom. The first kappa shape index (κ1) is 17.8. The van der Waals surface area contributed by atoms with E-state index in [0.717, 1.165) is 23.1 Å². The highest BCUT2D eigenvalue weighted by molar-refractivity contribution is 5.91. The standard InChI is InChI=1S/C18H16F3N3O2/c1-12-15(24-10-3-2-7-16(24)22-12)8-9-17(25)23-13-5-4-6-14(11-13)26-18(19,20)21/h2-7,10-11H,8-9H2,1H3,(H,23,25). The number of fused-ring (bicyclic) bond motifs is 1. The summed E-state index contributed by atoms with van der Waals surface area (Å²) >= 11 is 0. The van der Waals surface area contributed by atoms with Crippen molar-refractivity contribution in [3.8, 4) is 5.75 Å². The Morgan fingerprint density at radius 2 is 2.04 bits per heavy atom. The number of alkyl halides is 3. The minimum atomic E-state index is -4.77. The maximum atomic E-state index is 12.3. The summed E-state index contributed by atoms with van der Waals surface area (Å²) in [6, 6.07) is 10.8. The van der Waals surface area contributed by atoms with Crippen LogP contribution in [0.15, 0.2) is 48.7 Å². The number of benzene rings is 1. The minimum Gasteiger partial charge on any atom is -0.406 e. The first-order valence-electron chi connectivity index (χ1n) is 7.90. The van der Waals surface area contributed by atoms with Gasteiger partial charge in [0.25, 0.3) is 0 Å². The van der Waals surface area contributed by atoms with Gasteiger partial charge in [-0.3, -0.25) is 4.79 Å². The maximum absolute atomic E-state index is 12.3. The number of amides is 1. The third kappa shape index (κ3) is 4.33. The van der Waals surface area contributed by atoms with E-state index >= 15 is 0 Å². The van der Waals surface area contributed by atoms with Gasteiger partial charge >= 0.3 is 6.36 Å². The molecule has 0 spiro atoms. The topological polar surface area (TPSA) is 55.6 Å². The fourth-order valence-electron chi connectivity index (χ4n) is 2.69. The van der Waals surface area contributed by atoms with Crippen LogP contribution in [-0.4, -0.2) is 21.7 Å². The molecule has 3 rings (SSSR count). The van der Waals surface area contributed by atoms with Gasteiger partial charge in [-0.15, -0.1) is 13.2 Å². The smallest absolute Gasteiger partial charge is 0.406 e. The molecule has 0 unspecified atom stereocenters. The molecule has 1 N–H and O–H groups in total. The lowest BCUT2D eigenvalue weighted by Gasteiger charge is -2.11. The molecule has 0 saturated carbocycles. The van der Waals surface area contributed by atoms with E-state index in [1.165, 1.54) is 18.2 Å². The fourth-order valence-corrected chi connectivity index (χ4v) is 2.69. The molecule has 0 bridgehead atoms. The number of carbonyl (C=O) groups excluding carboxylic acids is 1. The number of hydrogen-bond donors (Lipinski definition) is 1. The van der Waals surface area contributed by atoms with E-state index in [-0.39, 0.29) is 23.8 Å². The van der Waals surface area contributed by atoms with Crippen molar-refractivity contribution in [3.63, 3.8) is 0 Å². The van der Waals surface area contributed by atoms with Gasteiger partial charge in [0.15, 0.2) is 0 Å². The van der Waals surface area contributed by atoms with E-state index in [1.54, 1.807) is 0 Å². The molecule has 5 nitrogen and oxygen atoms in total. The van der Waals surface area contributed by atoms with Gasteiger partial charge in [0.1, 0.15) is 11.4 Å². The normalized spacial score (nSPS) is 11.5. The predicted molar refractivity (Wildman–Crippen MR) is 90.0 cm³/mol. The van der Waals surface area contributed by atoms with E-state index in [9.17, 15) is 18.0 Å². The van der Waals surface area contributed by atoms with E-state index < -0.39 is 6.36 Å². The summed E-state index contributed by atoms with van der Waals surface area (Å²) < 4.78 is 42.5. The highest BCUT2D eigenvalue weighted by atomic mass is 19.4. The molecule has 2 heterocycles. The van der Waals surface area contributed by atoms with Crippen LogP contribution in [0.1, 0.15) is 17.8 Å². The molecular weight excluding hydrogens is 347 g/mol. The van der Waals surface area contributed by atoms with Crippen LogP contribution in [-0.2, 0) is 11.2 Å². The summed E-state index contributed by atoms with van der Waals surface area (Å²) in [5, 5.41) is 2.58. The van der Waals surface area contributed by atoms with Crippen LogP contribution in [0.25, 0.3) is 5.65 Å². The Hall–Kier alpha value is -3.03. The van der Waals surface area contributed by atoms with E-state index in [0.29, 0.717) is 6.42 Å². The van der Waals surface area contributed by atoms with Crippen molar-refractivity contribution in [1.82, 2.24) is 9.38 Å². The number of aryl methyl sites for hydroxylation is 2. The summed E-state index contributed by atoms with van der Waals surface area (Å²) in [6.07, 6.45) is -2.26. The van der Waals surface area contributed by atoms with Gasteiger partial charge in [0.2, 0.25) is 5.91 Å². The number of nitrogens with zero attached hydrogens (tertiary/aromatic N) is 2. The number of halogens is 3. The molecule has 0 saturated heterocycles. The fraction of sp³-hybridized carbons (Fsp3) is 0.222. The average Bonchev–Trinajstić information content (AvgIpc) is 2.87. The number of rotatable bonds is 5. The first-order valence-corrected chi connectivity index (χ1v) is 7.90. The molecule has 0 radical (unpaired) electrons. The third-order valence-electron chi connectivity index (χ3n) is 3.77. The second kappa shape index (κ2) is 7.07. The zero-order chi connectivity index (χ0) is 18.7. The third-order valence-corrected chi connectivity index (χ3v) is 3.77. The number of aromatic nitrogens is 2. The summed E-state index contributed by atoms with van der Waals surface area (Å²) in [5.74, 6) is -0.688. The van der Waals surface area contributed by atoms with Crippen molar-refractivity contribution < 1.29 is 22.7 Å². The molecule has 8 heteroatoms. The number of carbonyl (C=O) groups is 1. The van der Waals surface area contributed by atoms with E-state index in [4.69, 9.17) is 0 Å². The van der Waals surface area contributed by atoms with Crippen molar-refractivity contribution in [3.05, 3.63) is 60.0 Å². The van der Waals surface area contributed by atoms with Gasteiger partial charge in [-0.25, -0.2) is 4.98 Å². The van der Waals surface area contributed by atoms with Gasteiger partial charge in [-0.1, -0.05) is 12.1 Å². The highest BCUT2D eigenvalue weighted by Gasteiger charge is 2.31.